The lowest BCUT2D eigenvalue weighted by Crippen LogP contribution is -2.36. The molecule has 6 heteroatoms. The van der Waals surface area contributed by atoms with Crippen LogP contribution in [0.4, 0.5) is 17.6 Å². The monoisotopic (exact) mass is 279 g/mol. The molecule has 0 aliphatic rings. The van der Waals surface area contributed by atoms with Crippen LogP contribution in [0.25, 0.3) is 0 Å². The van der Waals surface area contributed by atoms with Gasteiger partial charge in [-0.2, -0.15) is 13.2 Å². The molecule has 1 atom stereocenters. The number of aliphatic hydroxyl groups is 1. The Kier molecular flexibility index (Phi) is 5.31. The van der Waals surface area contributed by atoms with E-state index in [2.05, 4.69) is 5.32 Å². The summed E-state index contributed by atoms with van der Waals surface area (Å²) in [5, 5.41) is 13.0. The summed E-state index contributed by atoms with van der Waals surface area (Å²) in [7, 11) is 0. The van der Waals surface area contributed by atoms with E-state index in [0.29, 0.717) is 13.0 Å². The van der Waals surface area contributed by atoms with Gasteiger partial charge in [-0.15, -0.1) is 0 Å². The highest BCUT2D eigenvalue weighted by molar-refractivity contribution is 5.29. The van der Waals surface area contributed by atoms with Crippen LogP contribution < -0.4 is 5.32 Å². The average molecular weight is 279 g/mol. The maximum atomic E-state index is 12.6. The molecule has 0 amide bonds. The Morgan fingerprint density at radius 3 is 2.42 bits per heavy atom. The second kappa shape index (κ2) is 6.34. The maximum absolute atomic E-state index is 12.6. The van der Waals surface area contributed by atoms with Crippen LogP contribution in [0.2, 0.25) is 0 Å². The Balaban J connectivity index is 2.77. The van der Waals surface area contributed by atoms with E-state index in [9.17, 15) is 22.7 Å². The number of halogens is 4. The van der Waals surface area contributed by atoms with E-state index in [0.717, 1.165) is 12.1 Å². The molecule has 1 aromatic rings. The molecule has 0 fully saturated rings. The van der Waals surface area contributed by atoms with E-state index in [-0.39, 0.29) is 12.1 Å². The second-order valence-electron chi connectivity index (χ2n) is 4.57. The predicted octanol–water partition coefficient (Wildman–Crippen LogP) is 2.86. The minimum atomic E-state index is -4.44. The smallest absolute Gasteiger partial charge is 0.384 e. The summed E-state index contributed by atoms with van der Waals surface area (Å²) in [4.78, 5) is 0. The van der Waals surface area contributed by atoms with Crippen molar-refractivity contribution in [2.24, 2.45) is 0 Å². The van der Waals surface area contributed by atoms with E-state index in [1.807, 2.05) is 0 Å². The predicted molar refractivity (Wildman–Crippen MR) is 64.5 cm³/mol. The summed E-state index contributed by atoms with van der Waals surface area (Å²) >= 11 is 0. The highest BCUT2D eigenvalue weighted by Gasteiger charge is 2.32. The van der Waals surface area contributed by atoms with Crippen LogP contribution >= 0.6 is 0 Å². The molecule has 0 bridgehead atoms. The lowest BCUT2D eigenvalue weighted by atomic mass is 9.94. The van der Waals surface area contributed by atoms with Crippen molar-refractivity contribution in [3.8, 4) is 0 Å². The summed E-state index contributed by atoms with van der Waals surface area (Å²) in [5.41, 5.74) is -2.05. The number of hydrogen-bond acceptors (Lipinski definition) is 2. The standard InChI is InChI=1S/C13H17F4NO/c1-12(19,9-18-7-3-6-14)10-4-2-5-11(8-10)13(15,16)17/h2,4-5,8,18-19H,3,6-7,9H2,1H3. The number of nitrogens with one attached hydrogen (secondary N) is 1. The summed E-state index contributed by atoms with van der Waals surface area (Å²) in [6.45, 7) is 1.38. The third-order valence-corrected chi connectivity index (χ3v) is 2.77. The van der Waals surface area contributed by atoms with Gasteiger partial charge in [0.05, 0.1) is 17.8 Å². The van der Waals surface area contributed by atoms with E-state index in [4.69, 9.17) is 0 Å². The first-order valence-electron chi connectivity index (χ1n) is 5.94. The Bertz CT molecular complexity index is 404. The Hall–Kier alpha value is -1.14. The van der Waals surface area contributed by atoms with Crippen molar-refractivity contribution in [1.82, 2.24) is 5.32 Å². The van der Waals surface area contributed by atoms with Gasteiger partial charge in [-0.1, -0.05) is 12.1 Å². The molecule has 1 rings (SSSR count). The van der Waals surface area contributed by atoms with Crippen molar-refractivity contribution in [3.63, 3.8) is 0 Å². The summed E-state index contributed by atoms with van der Waals surface area (Å²) in [6.07, 6.45) is -4.13. The zero-order chi connectivity index (χ0) is 14.5. The minimum absolute atomic E-state index is 0.0638. The van der Waals surface area contributed by atoms with Gasteiger partial charge in [0, 0.05) is 6.54 Å². The van der Waals surface area contributed by atoms with Crippen LogP contribution in [0.5, 0.6) is 0 Å². The SMILES string of the molecule is CC(O)(CNCCCF)c1cccc(C(F)(F)F)c1. The third-order valence-electron chi connectivity index (χ3n) is 2.77. The molecule has 2 N–H and O–H groups in total. The fourth-order valence-electron chi connectivity index (χ4n) is 1.66. The van der Waals surface area contributed by atoms with Crippen molar-refractivity contribution in [2.45, 2.75) is 25.1 Å². The first-order chi connectivity index (χ1) is 8.77. The molecule has 2 nitrogen and oxygen atoms in total. The summed E-state index contributed by atoms with van der Waals surface area (Å²) in [5.74, 6) is 0. The topological polar surface area (TPSA) is 32.3 Å². The Morgan fingerprint density at radius 2 is 1.84 bits per heavy atom. The van der Waals surface area contributed by atoms with Crippen LogP contribution in [0, 0.1) is 0 Å². The average Bonchev–Trinajstić information content (AvgIpc) is 2.34. The molecule has 0 saturated carbocycles. The van der Waals surface area contributed by atoms with E-state index >= 15 is 0 Å². The fraction of sp³-hybridized carbons (Fsp3) is 0.538. The first-order valence-corrected chi connectivity index (χ1v) is 5.94. The van der Waals surface area contributed by atoms with Crippen molar-refractivity contribution in [1.29, 1.82) is 0 Å². The van der Waals surface area contributed by atoms with Crippen molar-refractivity contribution in [2.75, 3.05) is 19.8 Å². The lowest BCUT2D eigenvalue weighted by molar-refractivity contribution is -0.137. The zero-order valence-electron chi connectivity index (χ0n) is 10.6. The molecular weight excluding hydrogens is 262 g/mol. The highest BCUT2D eigenvalue weighted by Crippen LogP contribution is 2.31. The van der Waals surface area contributed by atoms with Crippen molar-refractivity contribution < 1.29 is 22.7 Å². The third kappa shape index (κ3) is 4.80. The molecule has 0 aliphatic carbocycles. The van der Waals surface area contributed by atoms with Crippen LogP contribution in [-0.4, -0.2) is 24.9 Å². The highest BCUT2D eigenvalue weighted by atomic mass is 19.4. The molecule has 0 saturated heterocycles. The van der Waals surface area contributed by atoms with Gasteiger partial charge < -0.3 is 10.4 Å². The fourth-order valence-corrected chi connectivity index (χ4v) is 1.66. The minimum Gasteiger partial charge on any atom is -0.384 e. The van der Waals surface area contributed by atoms with Crippen LogP contribution in [0.3, 0.4) is 0 Å². The van der Waals surface area contributed by atoms with Gasteiger partial charge in [0.1, 0.15) is 0 Å². The molecule has 19 heavy (non-hydrogen) atoms. The Morgan fingerprint density at radius 1 is 1.21 bits per heavy atom. The van der Waals surface area contributed by atoms with Gasteiger partial charge in [0.25, 0.3) is 0 Å². The van der Waals surface area contributed by atoms with E-state index in [1.165, 1.54) is 19.1 Å². The molecule has 0 spiro atoms. The van der Waals surface area contributed by atoms with E-state index < -0.39 is 24.0 Å². The van der Waals surface area contributed by atoms with E-state index in [1.54, 1.807) is 0 Å². The first kappa shape index (κ1) is 15.9. The largest absolute Gasteiger partial charge is 0.416 e. The van der Waals surface area contributed by atoms with Crippen molar-refractivity contribution >= 4 is 0 Å². The molecule has 0 radical (unpaired) electrons. The summed E-state index contributed by atoms with van der Waals surface area (Å²) < 4.78 is 49.6. The summed E-state index contributed by atoms with van der Waals surface area (Å²) in [6, 6.07) is 4.58. The van der Waals surface area contributed by atoms with Gasteiger partial charge in [0.15, 0.2) is 0 Å². The number of benzene rings is 1. The van der Waals surface area contributed by atoms with Crippen molar-refractivity contribution in [3.05, 3.63) is 35.4 Å². The van der Waals surface area contributed by atoms with Gasteiger partial charge in [-0.05, 0) is 37.6 Å². The molecular formula is C13H17F4NO. The van der Waals surface area contributed by atoms with Crippen LogP contribution in [-0.2, 0) is 11.8 Å². The maximum Gasteiger partial charge on any atom is 0.416 e. The van der Waals surface area contributed by atoms with Gasteiger partial charge in [-0.25, -0.2) is 0 Å². The van der Waals surface area contributed by atoms with Gasteiger partial charge in [0.2, 0.25) is 0 Å². The number of alkyl halides is 4. The second-order valence-corrected chi connectivity index (χ2v) is 4.57. The lowest BCUT2D eigenvalue weighted by Gasteiger charge is -2.25. The van der Waals surface area contributed by atoms with Crippen LogP contribution in [0.1, 0.15) is 24.5 Å². The molecule has 0 aromatic heterocycles. The molecule has 1 aromatic carbocycles. The zero-order valence-corrected chi connectivity index (χ0v) is 10.6. The Labute approximate surface area is 109 Å². The van der Waals surface area contributed by atoms with Gasteiger partial charge >= 0.3 is 6.18 Å². The normalized spacial score (nSPS) is 15.3. The number of hydrogen-bond donors (Lipinski definition) is 2. The molecule has 108 valence electrons. The number of rotatable bonds is 6. The molecule has 0 aliphatic heterocycles. The van der Waals surface area contributed by atoms with Crippen LogP contribution in [0.15, 0.2) is 24.3 Å². The van der Waals surface area contributed by atoms with Gasteiger partial charge in [-0.3, -0.25) is 4.39 Å². The molecule has 1 unspecified atom stereocenters. The molecule has 0 heterocycles. The quantitative estimate of drug-likeness (QED) is 0.620.